The zero-order valence-corrected chi connectivity index (χ0v) is 20.6. The van der Waals surface area contributed by atoms with E-state index >= 15 is 0 Å². The molecule has 0 saturated heterocycles. The summed E-state index contributed by atoms with van der Waals surface area (Å²) in [6.07, 6.45) is 3.51. The Balaban J connectivity index is 1.54. The summed E-state index contributed by atoms with van der Waals surface area (Å²) in [5.74, 6) is 1.36. The van der Waals surface area contributed by atoms with Crippen LogP contribution in [0.2, 0.25) is 0 Å². The predicted molar refractivity (Wildman–Crippen MR) is 141 cm³/mol. The quantitative estimate of drug-likeness (QED) is 0.147. The minimum Gasteiger partial charge on any atom is -0.495 e. The van der Waals surface area contributed by atoms with Crippen LogP contribution in [0.25, 0.3) is 23.1 Å². The van der Waals surface area contributed by atoms with Crippen molar-refractivity contribution in [2.75, 3.05) is 12.0 Å². The van der Waals surface area contributed by atoms with Gasteiger partial charge < -0.3 is 9.15 Å². The van der Waals surface area contributed by atoms with Gasteiger partial charge in [-0.05, 0) is 64.0 Å². The third-order valence-corrected chi connectivity index (χ3v) is 6.39. The van der Waals surface area contributed by atoms with Gasteiger partial charge in [0.1, 0.15) is 17.3 Å². The fraction of sp³-hybridized carbons (Fsp3) is 0.0357. The fourth-order valence-electron chi connectivity index (χ4n) is 4.04. The third kappa shape index (κ3) is 4.34. The van der Waals surface area contributed by atoms with E-state index < -0.39 is 4.92 Å². The molecule has 3 aromatic carbocycles. The van der Waals surface area contributed by atoms with Crippen molar-refractivity contribution in [3.63, 3.8) is 0 Å². The van der Waals surface area contributed by atoms with E-state index in [4.69, 9.17) is 9.15 Å². The third-order valence-electron chi connectivity index (χ3n) is 5.73. The molecule has 0 fully saturated rings. The van der Waals surface area contributed by atoms with Crippen LogP contribution in [-0.4, -0.2) is 17.9 Å². The van der Waals surface area contributed by atoms with Gasteiger partial charge in [-0.2, -0.15) is 0 Å². The van der Waals surface area contributed by atoms with Crippen LogP contribution in [-0.2, 0) is 4.79 Å². The second-order valence-corrected chi connectivity index (χ2v) is 8.79. The number of rotatable bonds is 6. The molecule has 1 aromatic heterocycles. The van der Waals surface area contributed by atoms with Gasteiger partial charge in [0.15, 0.2) is 0 Å². The number of non-ortho nitro benzene ring substituents is 1. The summed E-state index contributed by atoms with van der Waals surface area (Å²) in [4.78, 5) is 25.8. The molecule has 178 valence electrons. The van der Waals surface area contributed by atoms with Crippen LogP contribution in [0.3, 0.4) is 0 Å². The van der Waals surface area contributed by atoms with Gasteiger partial charge in [-0.15, -0.1) is 0 Å². The van der Waals surface area contributed by atoms with Crippen molar-refractivity contribution in [1.82, 2.24) is 0 Å². The first-order valence-electron chi connectivity index (χ1n) is 11.0. The van der Waals surface area contributed by atoms with Gasteiger partial charge in [-0.1, -0.05) is 42.5 Å². The van der Waals surface area contributed by atoms with Gasteiger partial charge in [0, 0.05) is 27.7 Å². The highest BCUT2D eigenvalue weighted by molar-refractivity contribution is 9.10. The number of methoxy groups -OCH3 is 1. The molecule has 0 spiro atoms. The number of furan rings is 1. The molecule has 0 bridgehead atoms. The first-order valence-corrected chi connectivity index (χ1v) is 11.8. The number of ether oxygens (including phenoxy) is 1. The Hall–Kier alpha value is -4.43. The molecule has 0 radical (unpaired) electrons. The maximum absolute atomic E-state index is 13.6. The van der Waals surface area contributed by atoms with Crippen molar-refractivity contribution in [3.8, 4) is 17.1 Å². The molecular formula is C28H19BrN2O5. The van der Waals surface area contributed by atoms with Crippen LogP contribution in [0.5, 0.6) is 5.75 Å². The van der Waals surface area contributed by atoms with Crippen molar-refractivity contribution in [2.45, 2.75) is 0 Å². The van der Waals surface area contributed by atoms with E-state index in [0.717, 1.165) is 11.3 Å². The summed E-state index contributed by atoms with van der Waals surface area (Å²) in [7, 11) is 1.57. The number of nitrogens with zero attached hydrogens (tertiary/aromatic N) is 2. The number of anilines is 1. The molecule has 36 heavy (non-hydrogen) atoms. The maximum atomic E-state index is 13.6. The molecule has 1 aliphatic rings. The SMILES string of the molecule is COc1ccccc1N1C(=O)C(=Cc2ccc(-c3ccc([N+](=O)[O-])cc3Br)o2)C=C1c1ccccc1. The largest absolute Gasteiger partial charge is 0.495 e. The number of carbonyl (C=O) groups is 1. The van der Waals surface area contributed by atoms with Gasteiger partial charge in [0.05, 0.1) is 23.4 Å². The Morgan fingerprint density at radius 3 is 2.47 bits per heavy atom. The van der Waals surface area contributed by atoms with Crippen LogP contribution in [0.4, 0.5) is 11.4 Å². The number of carbonyl (C=O) groups excluding carboxylic acids is 1. The molecule has 1 amide bonds. The lowest BCUT2D eigenvalue weighted by Gasteiger charge is -2.22. The Labute approximate surface area is 215 Å². The Bertz CT molecular complexity index is 1540. The van der Waals surface area contributed by atoms with E-state index in [0.29, 0.717) is 38.6 Å². The lowest BCUT2D eigenvalue weighted by atomic mass is 10.1. The van der Waals surface area contributed by atoms with E-state index in [9.17, 15) is 14.9 Å². The molecule has 4 aromatic rings. The van der Waals surface area contributed by atoms with Crippen LogP contribution >= 0.6 is 15.9 Å². The molecule has 0 unspecified atom stereocenters. The van der Waals surface area contributed by atoms with Crippen LogP contribution < -0.4 is 9.64 Å². The first kappa shape index (κ1) is 23.3. The Morgan fingerprint density at radius 2 is 1.75 bits per heavy atom. The fourth-order valence-corrected chi connectivity index (χ4v) is 4.60. The second-order valence-electron chi connectivity index (χ2n) is 7.93. The van der Waals surface area contributed by atoms with E-state index in [-0.39, 0.29) is 11.6 Å². The highest BCUT2D eigenvalue weighted by Crippen LogP contribution is 2.40. The molecule has 0 N–H and O–H groups in total. The minimum absolute atomic E-state index is 0.0221. The molecule has 1 aliphatic heterocycles. The number of hydrogen-bond donors (Lipinski definition) is 0. The summed E-state index contributed by atoms with van der Waals surface area (Å²) in [5, 5.41) is 11.0. The number of amides is 1. The zero-order valence-electron chi connectivity index (χ0n) is 19.1. The molecule has 2 heterocycles. The molecule has 0 aliphatic carbocycles. The van der Waals surface area contributed by atoms with Gasteiger partial charge in [0.2, 0.25) is 0 Å². The number of nitro benzene ring substituents is 1. The molecule has 5 rings (SSSR count). The lowest BCUT2D eigenvalue weighted by Crippen LogP contribution is -2.25. The average molecular weight is 543 g/mol. The van der Waals surface area contributed by atoms with Crippen molar-refractivity contribution >= 4 is 45.0 Å². The smallest absolute Gasteiger partial charge is 0.270 e. The summed E-state index contributed by atoms with van der Waals surface area (Å²) in [5.41, 5.74) is 3.34. The van der Waals surface area contributed by atoms with E-state index in [2.05, 4.69) is 15.9 Å². The standard InChI is InChI=1S/C28H19BrN2O5/c1-35-27-10-6-5-9-24(27)30-25(18-7-3-2-4-8-18)16-19(28(30)32)15-21-12-14-26(36-21)22-13-11-20(31(33)34)17-23(22)29/h2-17H,1H3. The van der Waals surface area contributed by atoms with Crippen molar-refractivity contribution in [3.05, 3.63) is 122 Å². The molecule has 8 heteroatoms. The Kier molecular flexibility index (Phi) is 6.26. The summed E-state index contributed by atoms with van der Waals surface area (Å²) in [6.45, 7) is 0. The summed E-state index contributed by atoms with van der Waals surface area (Å²) < 4.78 is 12.0. The number of para-hydroxylation sites is 2. The van der Waals surface area contributed by atoms with E-state index in [1.54, 1.807) is 36.3 Å². The first-order chi connectivity index (χ1) is 17.5. The Morgan fingerprint density at radius 1 is 1.00 bits per heavy atom. The van der Waals surface area contributed by atoms with Crippen LogP contribution in [0.1, 0.15) is 11.3 Å². The average Bonchev–Trinajstić information content (AvgIpc) is 3.49. The topological polar surface area (TPSA) is 85.8 Å². The van der Waals surface area contributed by atoms with Gasteiger partial charge in [-0.25, -0.2) is 0 Å². The van der Waals surface area contributed by atoms with E-state index in [1.165, 1.54) is 12.1 Å². The highest BCUT2D eigenvalue weighted by atomic mass is 79.9. The van der Waals surface area contributed by atoms with E-state index in [1.807, 2.05) is 60.7 Å². The van der Waals surface area contributed by atoms with Crippen molar-refractivity contribution in [1.29, 1.82) is 0 Å². The molecule has 7 nitrogen and oxygen atoms in total. The number of benzene rings is 3. The number of hydrogen-bond acceptors (Lipinski definition) is 5. The van der Waals surface area contributed by atoms with Gasteiger partial charge in [0.25, 0.3) is 11.6 Å². The summed E-state index contributed by atoms with van der Waals surface area (Å²) >= 11 is 3.38. The monoisotopic (exact) mass is 542 g/mol. The van der Waals surface area contributed by atoms with Crippen molar-refractivity contribution in [2.24, 2.45) is 0 Å². The maximum Gasteiger partial charge on any atom is 0.270 e. The minimum atomic E-state index is -0.456. The second kappa shape index (κ2) is 9.67. The predicted octanol–water partition coefficient (Wildman–Crippen LogP) is 7.10. The lowest BCUT2D eigenvalue weighted by molar-refractivity contribution is -0.384. The molecule has 0 saturated carbocycles. The molecule has 0 atom stereocenters. The highest BCUT2D eigenvalue weighted by Gasteiger charge is 2.32. The number of nitro groups is 1. The molecular weight excluding hydrogens is 524 g/mol. The normalized spacial score (nSPS) is 14.3. The van der Waals surface area contributed by atoms with Gasteiger partial charge >= 0.3 is 0 Å². The van der Waals surface area contributed by atoms with Crippen LogP contribution in [0, 0.1) is 10.1 Å². The van der Waals surface area contributed by atoms with Crippen LogP contribution in [0.15, 0.2) is 105 Å². The van der Waals surface area contributed by atoms with Gasteiger partial charge in [-0.3, -0.25) is 19.8 Å². The van der Waals surface area contributed by atoms with Crippen molar-refractivity contribution < 1.29 is 18.9 Å². The summed E-state index contributed by atoms with van der Waals surface area (Å²) in [6, 6.07) is 25.0. The zero-order chi connectivity index (χ0) is 25.2. The number of halogens is 1.